The van der Waals surface area contributed by atoms with E-state index in [9.17, 15) is 8.42 Å². The molecule has 5 nitrogen and oxygen atoms in total. The molecule has 0 fully saturated rings. The molecule has 0 spiro atoms. The van der Waals surface area contributed by atoms with Gasteiger partial charge in [-0.1, -0.05) is 34.1 Å². The summed E-state index contributed by atoms with van der Waals surface area (Å²) in [6.45, 7) is 6.02. The summed E-state index contributed by atoms with van der Waals surface area (Å²) in [5.41, 5.74) is 4.52. The number of benzene rings is 2. The second-order valence-electron chi connectivity index (χ2n) is 6.57. The summed E-state index contributed by atoms with van der Waals surface area (Å²) >= 11 is 3.41. The number of hydrogen-bond donors (Lipinski definition) is 0. The van der Waals surface area contributed by atoms with Crippen molar-refractivity contribution in [1.82, 2.24) is 14.1 Å². The van der Waals surface area contributed by atoms with E-state index in [0.29, 0.717) is 0 Å². The first-order valence-corrected chi connectivity index (χ1v) is 10.8. The molecule has 0 unspecified atom stereocenters. The predicted molar refractivity (Wildman–Crippen MR) is 111 cm³/mol. The van der Waals surface area contributed by atoms with Crippen LogP contribution in [0, 0.1) is 20.8 Å². The maximum absolute atomic E-state index is 13.0. The van der Waals surface area contributed by atoms with E-state index in [1.165, 1.54) is 4.31 Å². The van der Waals surface area contributed by atoms with Gasteiger partial charge in [0, 0.05) is 29.3 Å². The Labute approximate surface area is 168 Å². The summed E-state index contributed by atoms with van der Waals surface area (Å²) in [4.78, 5) is 0.288. The second-order valence-corrected chi connectivity index (χ2v) is 9.47. The lowest BCUT2D eigenvalue weighted by atomic mass is 10.2. The lowest BCUT2D eigenvalue weighted by Crippen LogP contribution is -2.27. The fourth-order valence-corrected chi connectivity index (χ4v) is 4.46. The van der Waals surface area contributed by atoms with Crippen LogP contribution in [0.1, 0.15) is 22.5 Å². The van der Waals surface area contributed by atoms with Crippen LogP contribution in [0.2, 0.25) is 0 Å². The Morgan fingerprint density at radius 1 is 1.07 bits per heavy atom. The summed E-state index contributed by atoms with van der Waals surface area (Å²) in [6, 6.07) is 14.9. The van der Waals surface area contributed by atoms with Gasteiger partial charge in [-0.15, -0.1) is 0 Å². The molecule has 0 saturated carbocycles. The number of sulfonamides is 1. The maximum Gasteiger partial charge on any atom is 0.243 e. The molecule has 0 radical (unpaired) electrons. The molecule has 7 heteroatoms. The molecule has 0 bridgehead atoms. The van der Waals surface area contributed by atoms with Crippen molar-refractivity contribution in [2.45, 2.75) is 32.2 Å². The van der Waals surface area contributed by atoms with Crippen LogP contribution in [0.5, 0.6) is 0 Å². The second kappa shape index (κ2) is 7.58. The third kappa shape index (κ3) is 3.85. The quantitative estimate of drug-likeness (QED) is 0.582. The summed E-state index contributed by atoms with van der Waals surface area (Å²) in [5.74, 6) is 0. The molecule has 0 aliphatic rings. The van der Waals surface area contributed by atoms with Crippen LogP contribution < -0.4 is 0 Å². The van der Waals surface area contributed by atoms with Crippen LogP contribution in [0.25, 0.3) is 5.69 Å². The van der Waals surface area contributed by atoms with Gasteiger partial charge in [-0.25, -0.2) is 13.1 Å². The molecule has 0 N–H and O–H groups in total. The van der Waals surface area contributed by atoms with E-state index in [1.54, 1.807) is 25.2 Å². The fraction of sp³-hybridized carbons (Fsp3) is 0.250. The lowest BCUT2D eigenvalue weighted by Gasteiger charge is -2.18. The standard InChI is InChI=1S/C20H22BrN3O2S/c1-14-12-18(10-11-20(14)21)27(25,26)23(4)13-19-15(2)22-24(16(19)3)17-8-6-5-7-9-17/h5-12H,13H2,1-4H3. The largest absolute Gasteiger partial charge is 0.243 e. The van der Waals surface area contributed by atoms with Gasteiger partial charge in [0.05, 0.1) is 16.3 Å². The molecular weight excluding hydrogens is 426 g/mol. The normalized spacial score (nSPS) is 11.9. The summed E-state index contributed by atoms with van der Waals surface area (Å²) in [6.07, 6.45) is 0. The molecule has 27 heavy (non-hydrogen) atoms. The predicted octanol–water partition coefficient (Wildman–Crippen LogP) is 4.38. The highest BCUT2D eigenvalue weighted by atomic mass is 79.9. The van der Waals surface area contributed by atoms with E-state index in [0.717, 1.165) is 32.7 Å². The molecule has 3 aromatic rings. The molecule has 0 saturated heterocycles. The van der Waals surface area contributed by atoms with Gasteiger partial charge >= 0.3 is 0 Å². The fourth-order valence-electron chi connectivity index (χ4n) is 2.99. The molecular formula is C20H22BrN3O2S. The molecule has 0 amide bonds. The summed E-state index contributed by atoms with van der Waals surface area (Å²) in [7, 11) is -1.99. The van der Waals surface area contributed by atoms with Crippen LogP contribution in [0.15, 0.2) is 57.9 Å². The number of aryl methyl sites for hydroxylation is 2. The van der Waals surface area contributed by atoms with E-state index >= 15 is 0 Å². The van der Waals surface area contributed by atoms with Crippen molar-refractivity contribution < 1.29 is 8.42 Å². The van der Waals surface area contributed by atoms with Gasteiger partial charge in [-0.2, -0.15) is 9.40 Å². The van der Waals surface area contributed by atoms with Gasteiger partial charge < -0.3 is 0 Å². The highest BCUT2D eigenvalue weighted by Crippen LogP contribution is 2.25. The zero-order valence-electron chi connectivity index (χ0n) is 15.8. The number of rotatable bonds is 5. The molecule has 142 valence electrons. The first kappa shape index (κ1) is 19.8. The Bertz CT molecular complexity index is 1080. The highest BCUT2D eigenvalue weighted by molar-refractivity contribution is 9.10. The summed E-state index contributed by atoms with van der Waals surface area (Å²) < 4.78 is 30.1. The Kier molecular flexibility index (Phi) is 5.55. The van der Waals surface area contributed by atoms with E-state index in [2.05, 4.69) is 21.0 Å². The van der Waals surface area contributed by atoms with Gasteiger partial charge in [0.2, 0.25) is 10.0 Å². The van der Waals surface area contributed by atoms with Gasteiger partial charge in [-0.3, -0.25) is 0 Å². The van der Waals surface area contributed by atoms with Gasteiger partial charge in [0.15, 0.2) is 0 Å². The number of hydrogen-bond acceptors (Lipinski definition) is 3. The number of nitrogens with zero attached hydrogens (tertiary/aromatic N) is 3. The van der Waals surface area contributed by atoms with Crippen LogP contribution in [0.3, 0.4) is 0 Å². The van der Waals surface area contributed by atoms with Gasteiger partial charge in [0.1, 0.15) is 0 Å². The average molecular weight is 448 g/mol. The monoisotopic (exact) mass is 447 g/mol. The number of aromatic nitrogens is 2. The van der Waals surface area contributed by atoms with Gasteiger partial charge in [0.25, 0.3) is 0 Å². The molecule has 0 atom stereocenters. The minimum Gasteiger partial charge on any atom is -0.238 e. The molecule has 0 aliphatic heterocycles. The third-order valence-electron chi connectivity index (χ3n) is 4.66. The third-order valence-corrected chi connectivity index (χ3v) is 7.35. The van der Waals surface area contributed by atoms with Crippen molar-refractivity contribution >= 4 is 26.0 Å². The van der Waals surface area contributed by atoms with E-state index in [4.69, 9.17) is 0 Å². The van der Waals surface area contributed by atoms with Crippen molar-refractivity contribution in [3.63, 3.8) is 0 Å². The molecule has 2 aromatic carbocycles. The van der Waals surface area contributed by atoms with Crippen molar-refractivity contribution in [2.24, 2.45) is 0 Å². The Balaban J connectivity index is 1.93. The van der Waals surface area contributed by atoms with Crippen LogP contribution in [0.4, 0.5) is 0 Å². The van der Waals surface area contributed by atoms with Crippen molar-refractivity contribution in [3.8, 4) is 5.69 Å². The van der Waals surface area contributed by atoms with Crippen LogP contribution >= 0.6 is 15.9 Å². The van der Waals surface area contributed by atoms with Crippen LogP contribution in [-0.2, 0) is 16.6 Å². The molecule has 1 heterocycles. The lowest BCUT2D eigenvalue weighted by molar-refractivity contribution is 0.465. The highest BCUT2D eigenvalue weighted by Gasteiger charge is 2.24. The van der Waals surface area contributed by atoms with Crippen molar-refractivity contribution in [3.05, 3.63) is 75.5 Å². The minimum atomic E-state index is -3.59. The van der Waals surface area contributed by atoms with E-state index in [-0.39, 0.29) is 11.4 Å². The first-order chi connectivity index (χ1) is 12.7. The average Bonchev–Trinajstić information content (AvgIpc) is 2.92. The Morgan fingerprint density at radius 2 is 1.74 bits per heavy atom. The molecule has 1 aromatic heterocycles. The zero-order chi connectivity index (χ0) is 19.8. The van der Waals surface area contributed by atoms with Crippen LogP contribution in [-0.4, -0.2) is 29.6 Å². The van der Waals surface area contributed by atoms with E-state index < -0.39 is 10.0 Å². The Morgan fingerprint density at radius 3 is 2.37 bits per heavy atom. The van der Waals surface area contributed by atoms with Gasteiger partial charge in [-0.05, 0) is 56.7 Å². The number of halogens is 1. The number of para-hydroxylation sites is 1. The Hall–Kier alpha value is -1.96. The topological polar surface area (TPSA) is 55.2 Å². The van der Waals surface area contributed by atoms with Crippen molar-refractivity contribution in [1.29, 1.82) is 0 Å². The summed E-state index contributed by atoms with van der Waals surface area (Å²) in [5, 5.41) is 4.60. The SMILES string of the molecule is Cc1cc(S(=O)(=O)N(C)Cc2c(C)nn(-c3ccccc3)c2C)ccc1Br. The zero-order valence-corrected chi connectivity index (χ0v) is 18.2. The van der Waals surface area contributed by atoms with Crippen molar-refractivity contribution in [2.75, 3.05) is 7.05 Å². The van der Waals surface area contributed by atoms with E-state index in [1.807, 2.05) is 55.8 Å². The smallest absolute Gasteiger partial charge is 0.238 e. The maximum atomic E-state index is 13.0. The minimum absolute atomic E-state index is 0.266. The first-order valence-electron chi connectivity index (χ1n) is 8.55. The molecule has 0 aliphatic carbocycles. The molecule has 3 rings (SSSR count).